The fraction of sp³-hybridized carbons (Fsp3) is 0.231. The van der Waals surface area contributed by atoms with E-state index in [2.05, 4.69) is 28.1 Å². The van der Waals surface area contributed by atoms with Gasteiger partial charge in [0.15, 0.2) is 0 Å². The van der Waals surface area contributed by atoms with Crippen molar-refractivity contribution in [1.82, 2.24) is 5.32 Å². The lowest BCUT2D eigenvalue weighted by atomic mass is 10.1. The van der Waals surface area contributed by atoms with E-state index < -0.39 is 0 Å². The maximum Gasteiger partial charge on any atom is 0.251 e. The molecule has 32 heavy (non-hydrogen) atoms. The van der Waals surface area contributed by atoms with Crippen LogP contribution in [0.15, 0.2) is 78.9 Å². The summed E-state index contributed by atoms with van der Waals surface area (Å²) < 4.78 is 5.82. The van der Waals surface area contributed by atoms with Crippen molar-refractivity contribution in [3.63, 3.8) is 0 Å². The van der Waals surface area contributed by atoms with Gasteiger partial charge in [-0.25, -0.2) is 0 Å². The third kappa shape index (κ3) is 7.47. The van der Waals surface area contributed by atoms with Gasteiger partial charge >= 0.3 is 0 Å². The Morgan fingerprint density at radius 1 is 0.875 bits per heavy atom. The van der Waals surface area contributed by atoms with Crippen molar-refractivity contribution in [2.75, 3.05) is 23.8 Å². The molecular weight excluding hydrogens is 402 g/mol. The van der Waals surface area contributed by atoms with Gasteiger partial charge in [-0.3, -0.25) is 9.59 Å². The molecule has 3 N–H and O–H groups in total. The number of benzene rings is 3. The number of hydrogen-bond acceptors (Lipinski definition) is 4. The van der Waals surface area contributed by atoms with Crippen LogP contribution in [-0.4, -0.2) is 31.0 Å². The highest BCUT2D eigenvalue weighted by Gasteiger charge is 2.08. The first kappa shape index (κ1) is 22.9. The number of anilines is 2. The molecule has 0 aromatic heterocycles. The standard InChI is InChI=1S/C26H29N3O3/c1-19(2)28-26(31)21-10-6-11-22(16-21)27-18-25(30)29-23-12-7-13-24(17-23)32-15-14-20-8-4-3-5-9-20/h3-13,16-17,19,27H,14-15,18H2,1-2H3,(H,28,31)(H,29,30). The summed E-state index contributed by atoms with van der Waals surface area (Å²) in [5.41, 5.74) is 3.13. The number of carbonyl (C=O) groups is 2. The van der Waals surface area contributed by atoms with E-state index in [4.69, 9.17) is 4.74 Å². The fourth-order valence-corrected chi connectivity index (χ4v) is 3.10. The van der Waals surface area contributed by atoms with Gasteiger partial charge in [0.25, 0.3) is 5.91 Å². The Kier molecular flexibility index (Phi) is 8.26. The van der Waals surface area contributed by atoms with Gasteiger partial charge in [-0.05, 0) is 49.7 Å². The van der Waals surface area contributed by atoms with Crippen molar-refractivity contribution in [1.29, 1.82) is 0 Å². The molecule has 0 aliphatic heterocycles. The number of hydrogen-bond donors (Lipinski definition) is 3. The molecule has 0 fully saturated rings. The van der Waals surface area contributed by atoms with Crippen LogP contribution in [0.25, 0.3) is 0 Å². The first-order valence-corrected chi connectivity index (χ1v) is 10.7. The van der Waals surface area contributed by atoms with E-state index in [9.17, 15) is 9.59 Å². The molecule has 0 spiro atoms. The van der Waals surface area contributed by atoms with Gasteiger partial charge in [0.1, 0.15) is 5.75 Å². The number of nitrogens with one attached hydrogen (secondary N) is 3. The second kappa shape index (κ2) is 11.6. The van der Waals surface area contributed by atoms with E-state index in [1.807, 2.05) is 56.3 Å². The molecule has 166 valence electrons. The second-order valence-corrected chi connectivity index (χ2v) is 7.72. The summed E-state index contributed by atoms with van der Waals surface area (Å²) in [6.45, 7) is 4.46. The van der Waals surface area contributed by atoms with Crippen LogP contribution < -0.4 is 20.7 Å². The largest absolute Gasteiger partial charge is 0.493 e. The van der Waals surface area contributed by atoms with Crippen molar-refractivity contribution in [2.24, 2.45) is 0 Å². The van der Waals surface area contributed by atoms with Crippen molar-refractivity contribution in [3.05, 3.63) is 90.0 Å². The molecule has 6 heteroatoms. The molecule has 0 atom stereocenters. The van der Waals surface area contributed by atoms with E-state index in [1.54, 1.807) is 24.3 Å². The zero-order valence-electron chi connectivity index (χ0n) is 18.4. The number of amides is 2. The highest BCUT2D eigenvalue weighted by atomic mass is 16.5. The second-order valence-electron chi connectivity index (χ2n) is 7.72. The lowest BCUT2D eigenvalue weighted by Gasteiger charge is -2.12. The van der Waals surface area contributed by atoms with E-state index in [0.717, 1.165) is 6.42 Å². The molecule has 0 aliphatic rings. The molecule has 3 rings (SSSR count). The smallest absolute Gasteiger partial charge is 0.251 e. The molecule has 3 aromatic rings. The quantitative estimate of drug-likeness (QED) is 0.442. The first-order chi connectivity index (χ1) is 15.5. The van der Waals surface area contributed by atoms with Crippen molar-refractivity contribution in [2.45, 2.75) is 26.3 Å². The van der Waals surface area contributed by atoms with Gasteiger partial charge in [0.05, 0.1) is 13.2 Å². The molecule has 0 unspecified atom stereocenters. The molecule has 0 saturated heterocycles. The summed E-state index contributed by atoms with van der Waals surface area (Å²) in [7, 11) is 0. The van der Waals surface area contributed by atoms with Gasteiger partial charge in [-0.15, -0.1) is 0 Å². The fourth-order valence-electron chi connectivity index (χ4n) is 3.10. The average molecular weight is 432 g/mol. The van der Waals surface area contributed by atoms with Crippen molar-refractivity contribution in [3.8, 4) is 5.75 Å². The number of carbonyl (C=O) groups excluding carboxylic acids is 2. The van der Waals surface area contributed by atoms with Crippen molar-refractivity contribution >= 4 is 23.2 Å². The van der Waals surface area contributed by atoms with Crippen LogP contribution in [0.4, 0.5) is 11.4 Å². The van der Waals surface area contributed by atoms with Crippen LogP contribution in [0.2, 0.25) is 0 Å². The van der Waals surface area contributed by atoms with Crippen LogP contribution in [0.5, 0.6) is 5.75 Å². The summed E-state index contributed by atoms with van der Waals surface area (Å²) in [6.07, 6.45) is 0.815. The van der Waals surface area contributed by atoms with Crippen LogP contribution in [-0.2, 0) is 11.2 Å². The molecule has 2 amide bonds. The third-order valence-electron chi connectivity index (χ3n) is 4.62. The highest BCUT2D eigenvalue weighted by Crippen LogP contribution is 2.18. The van der Waals surface area contributed by atoms with Crippen molar-refractivity contribution < 1.29 is 14.3 Å². The molecule has 6 nitrogen and oxygen atoms in total. The van der Waals surface area contributed by atoms with E-state index >= 15 is 0 Å². The minimum Gasteiger partial charge on any atom is -0.493 e. The molecular formula is C26H29N3O3. The topological polar surface area (TPSA) is 79.5 Å². The average Bonchev–Trinajstić information content (AvgIpc) is 2.78. The van der Waals surface area contributed by atoms with E-state index in [1.165, 1.54) is 5.56 Å². The number of rotatable bonds is 10. The van der Waals surface area contributed by atoms with Gasteiger partial charge in [0, 0.05) is 35.5 Å². The summed E-state index contributed by atoms with van der Waals surface area (Å²) in [5.74, 6) is 0.371. The Balaban J connectivity index is 1.48. The van der Waals surface area contributed by atoms with Crippen LogP contribution in [0, 0.1) is 0 Å². The Hall–Kier alpha value is -3.80. The predicted molar refractivity (Wildman–Crippen MR) is 128 cm³/mol. The first-order valence-electron chi connectivity index (χ1n) is 10.7. The Morgan fingerprint density at radius 2 is 1.62 bits per heavy atom. The minimum atomic E-state index is -0.191. The van der Waals surface area contributed by atoms with Crippen LogP contribution in [0.1, 0.15) is 29.8 Å². The highest BCUT2D eigenvalue weighted by molar-refractivity contribution is 5.96. The maximum atomic E-state index is 12.4. The van der Waals surface area contributed by atoms with E-state index in [-0.39, 0.29) is 24.4 Å². The monoisotopic (exact) mass is 431 g/mol. The van der Waals surface area contributed by atoms with Crippen LogP contribution >= 0.6 is 0 Å². The maximum absolute atomic E-state index is 12.4. The molecule has 0 radical (unpaired) electrons. The Labute approximate surface area is 189 Å². The van der Waals surface area contributed by atoms with Gasteiger partial charge in [-0.2, -0.15) is 0 Å². The van der Waals surface area contributed by atoms with E-state index in [0.29, 0.717) is 29.3 Å². The predicted octanol–water partition coefficient (Wildman–Crippen LogP) is 4.50. The lowest BCUT2D eigenvalue weighted by molar-refractivity contribution is -0.114. The Morgan fingerprint density at radius 3 is 2.41 bits per heavy atom. The molecule has 0 saturated carbocycles. The normalized spacial score (nSPS) is 10.5. The minimum absolute atomic E-state index is 0.0583. The summed E-state index contributed by atoms with van der Waals surface area (Å²) in [4.78, 5) is 24.5. The molecule has 3 aromatic carbocycles. The lowest BCUT2D eigenvalue weighted by Crippen LogP contribution is -2.30. The third-order valence-corrected chi connectivity index (χ3v) is 4.62. The molecule has 0 bridgehead atoms. The number of ether oxygens (including phenoxy) is 1. The Bertz CT molecular complexity index is 1040. The zero-order chi connectivity index (χ0) is 22.8. The molecule has 0 aliphatic carbocycles. The van der Waals surface area contributed by atoms with Crippen LogP contribution in [0.3, 0.4) is 0 Å². The molecule has 0 heterocycles. The van der Waals surface area contributed by atoms with Gasteiger partial charge < -0.3 is 20.7 Å². The SMILES string of the molecule is CC(C)NC(=O)c1cccc(NCC(=O)Nc2cccc(OCCc3ccccc3)c2)c1. The summed E-state index contributed by atoms with van der Waals surface area (Å²) >= 11 is 0. The summed E-state index contributed by atoms with van der Waals surface area (Å²) in [5, 5.41) is 8.78. The van der Waals surface area contributed by atoms with Gasteiger partial charge in [-0.1, -0.05) is 42.5 Å². The van der Waals surface area contributed by atoms with Gasteiger partial charge in [0.2, 0.25) is 5.91 Å². The summed E-state index contributed by atoms with van der Waals surface area (Å²) in [6, 6.07) is 24.6. The zero-order valence-corrected chi connectivity index (χ0v) is 18.4.